The molecule has 100 valence electrons. The minimum Gasteiger partial charge on any atom is -0.497 e. The second-order valence-electron chi connectivity index (χ2n) is 5.90. The van der Waals surface area contributed by atoms with Gasteiger partial charge in [-0.05, 0) is 41.9 Å². The predicted molar refractivity (Wildman–Crippen MR) is 76.1 cm³/mol. The van der Waals surface area contributed by atoms with Gasteiger partial charge in [0.2, 0.25) is 0 Å². The molecular weight excluding hydrogens is 246 g/mol. The van der Waals surface area contributed by atoms with Gasteiger partial charge in [0.1, 0.15) is 5.75 Å². The van der Waals surface area contributed by atoms with Crippen LogP contribution in [0.3, 0.4) is 0 Å². The van der Waals surface area contributed by atoms with Gasteiger partial charge in [-0.15, -0.1) is 0 Å². The average molecular weight is 268 g/mol. The zero-order valence-corrected chi connectivity index (χ0v) is 12.1. The summed E-state index contributed by atoms with van der Waals surface area (Å²) in [6.45, 7) is 4.61. The summed E-state index contributed by atoms with van der Waals surface area (Å²) >= 11 is 6.31. The van der Waals surface area contributed by atoms with Crippen molar-refractivity contribution in [3.8, 4) is 5.75 Å². The van der Waals surface area contributed by atoms with Gasteiger partial charge in [-0.2, -0.15) is 0 Å². The highest BCUT2D eigenvalue weighted by atomic mass is 35.5. The lowest BCUT2D eigenvalue weighted by molar-refractivity contribution is 0.222. The summed E-state index contributed by atoms with van der Waals surface area (Å²) < 4.78 is 5.17. The maximum atomic E-state index is 6.44. The fourth-order valence-corrected chi connectivity index (χ4v) is 3.44. The summed E-state index contributed by atoms with van der Waals surface area (Å²) in [6.07, 6.45) is 3.70. The van der Waals surface area contributed by atoms with Crippen molar-refractivity contribution in [3.63, 3.8) is 0 Å². The smallest absolute Gasteiger partial charge is 0.120 e. The normalized spacial score (nSPS) is 23.9. The van der Waals surface area contributed by atoms with Crippen molar-refractivity contribution in [3.05, 3.63) is 28.8 Å². The van der Waals surface area contributed by atoms with Crippen LogP contribution in [-0.2, 0) is 0 Å². The van der Waals surface area contributed by atoms with Crippen LogP contribution in [0, 0.1) is 11.3 Å². The molecule has 18 heavy (non-hydrogen) atoms. The molecule has 0 aliphatic heterocycles. The third kappa shape index (κ3) is 2.50. The number of methoxy groups -OCH3 is 1. The monoisotopic (exact) mass is 267 g/mol. The molecule has 1 aliphatic carbocycles. The van der Waals surface area contributed by atoms with Crippen LogP contribution >= 0.6 is 11.6 Å². The molecule has 0 saturated heterocycles. The standard InChI is InChI=1S/C15H22ClNO/c1-15(2)8-4-5-12(15)14(17)11-7-6-10(18-3)9-13(11)16/h6-7,9,12,14H,4-5,8,17H2,1-3H3. The van der Waals surface area contributed by atoms with Gasteiger partial charge < -0.3 is 10.5 Å². The first kappa shape index (κ1) is 13.7. The highest BCUT2D eigenvalue weighted by molar-refractivity contribution is 6.31. The number of hydrogen-bond acceptors (Lipinski definition) is 2. The summed E-state index contributed by atoms with van der Waals surface area (Å²) in [5.41, 5.74) is 7.79. The lowest BCUT2D eigenvalue weighted by atomic mass is 9.76. The summed E-state index contributed by atoms with van der Waals surface area (Å²) in [7, 11) is 1.64. The van der Waals surface area contributed by atoms with Gasteiger partial charge >= 0.3 is 0 Å². The van der Waals surface area contributed by atoms with E-state index in [9.17, 15) is 0 Å². The molecule has 2 rings (SSSR count). The minimum absolute atomic E-state index is 0.0147. The molecule has 0 spiro atoms. The fourth-order valence-electron chi connectivity index (χ4n) is 3.14. The second-order valence-corrected chi connectivity index (χ2v) is 6.31. The first-order valence-corrected chi connectivity index (χ1v) is 6.92. The Morgan fingerprint density at radius 1 is 1.44 bits per heavy atom. The topological polar surface area (TPSA) is 35.2 Å². The van der Waals surface area contributed by atoms with Crippen molar-refractivity contribution in [2.24, 2.45) is 17.1 Å². The van der Waals surface area contributed by atoms with Crippen LogP contribution in [0.1, 0.15) is 44.7 Å². The molecule has 0 amide bonds. The van der Waals surface area contributed by atoms with Gasteiger partial charge in [0.05, 0.1) is 7.11 Å². The van der Waals surface area contributed by atoms with Crippen LogP contribution in [0.2, 0.25) is 5.02 Å². The van der Waals surface area contributed by atoms with Gasteiger partial charge in [-0.25, -0.2) is 0 Å². The van der Waals surface area contributed by atoms with Crippen LogP contribution < -0.4 is 10.5 Å². The van der Waals surface area contributed by atoms with Gasteiger partial charge in [-0.1, -0.05) is 37.9 Å². The van der Waals surface area contributed by atoms with Gasteiger partial charge in [0.25, 0.3) is 0 Å². The average Bonchev–Trinajstić information content (AvgIpc) is 2.68. The minimum atomic E-state index is 0.0147. The Balaban J connectivity index is 2.26. The predicted octanol–water partition coefficient (Wildman–Crippen LogP) is 4.17. The first-order valence-electron chi connectivity index (χ1n) is 6.55. The van der Waals surface area contributed by atoms with Gasteiger partial charge in [-0.3, -0.25) is 0 Å². The maximum Gasteiger partial charge on any atom is 0.120 e. The highest BCUT2D eigenvalue weighted by Crippen LogP contribution is 2.48. The zero-order valence-electron chi connectivity index (χ0n) is 11.4. The van der Waals surface area contributed by atoms with Gasteiger partial charge in [0.15, 0.2) is 0 Å². The van der Waals surface area contributed by atoms with E-state index in [0.717, 1.165) is 11.3 Å². The second kappa shape index (κ2) is 5.10. The van der Waals surface area contributed by atoms with E-state index in [1.165, 1.54) is 19.3 Å². The Labute approximate surface area is 114 Å². The quantitative estimate of drug-likeness (QED) is 0.892. The van der Waals surface area contributed by atoms with Crippen LogP contribution in [0.15, 0.2) is 18.2 Å². The maximum absolute atomic E-state index is 6.44. The van der Waals surface area contributed by atoms with E-state index < -0.39 is 0 Å². The lowest BCUT2D eigenvalue weighted by Crippen LogP contribution is -2.29. The molecule has 2 unspecified atom stereocenters. The van der Waals surface area contributed by atoms with E-state index in [-0.39, 0.29) is 6.04 Å². The van der Waals surface area contributed by atoms with Crippen molar-refractivity contribution in [2.45, 2.75) is 39.2 Å². The van der Waals surface area contributed by atoms with Crippen molar-refractivity contribution < 1.29 is 4.74 Å². The molecule has 2 nitrogen and oxygen atoms in total. The lowest BCUT2D eigenvalue weighted by Gasteiger charge is -2.32. The Bertz CT molecular complexity index is 431. The van der Waals surface area contributed by atoms with Crippen LogP contribution in [0.4, 0.5) is 0 Å². The molecule has 0 heterocycles. The highest BCUT2D eigenvalue weighted by Gasteiger charge is 2.39. The third-order valence-corrected chi connectivity index (χ3v) is 4.67. The largest absolute Gasteiger partial charge is 0.497 e. The Kier molecular flexibility index (Phi) is 3.88. The molecule has 2 atom stereocenters. The number of hydrogen-bond donors (Lipinski definition) is 1. The van der Waals surface area contributed by atoms with E-state index in [0.29, 0.717) is 16.4 Å². The van der Waals surface area contributed by atoms with E-state index in [1.54, 1.807) is 7.11 Å². The summed E-state index contributed by atoms with van der Waals surface area (Å²) in [4.78, 5) is 0. The van der Waals surface area contributed by atoms with Crippen molar-refractivity contribution >= 4 is 11.6 Å². The molecule has 3 heteroatoms. The molecule has 1 aromatic rings. The zero-order chi connectivity index (χ0) is 13.3. The Hall–Kier alpha value is -0.730. The fraction of sp³-hybridized carbons (Fsp3) is 0.600. The van der Waals surface area contributed by atoms with Crippen LogP contribution in [-0.4, -0.2) is 7.11 Å². The third-order valence-electron chi connectivity index (χ3n) is 4.34. The summed E-state index contributed by atoms with van der Waals surface area (Å²) in [5.74, 6) is 1.28. The molecular formula is C15H22ClNO. The molecule has 1 saturated carbocycles. The van der Waals surface area contributed by atoms with E-state index >= 15 is 0 Å². The molecule has 1 fully saturated rings. The first-order chi connectivity index (χ1) is 8.45. The SMILES string of the molecule is COc1ccc(C(N)C2CCCC2(C)C)c(Cl)c1. The van der Waals surface area contributed by atoms with E-state index in [4.69, 9.17) is 22.1 Å². The molecule has 1 aliphatic rings. The van der Waals surface area contributed by atoms with Crippen molar-refractivity contribution in [1.29, 1.82) is 0 Å². The summed E-state index contributed by atoms with van der Waals surface area (Å²) in [5, 5.41) is 0.713. The number of rotatable bonds is 3. The number of ether oxygens (including phenoxy) is 1. The number of nitrogens with two attached hydrogens (primary N) is 1. The summed E-state index contributed by atoms with van der Waals surface area (Å²) in [6, 6.07) is 5.79. The molecule has 2 N–H and O–H groups in total. The van der Waals surface area contributed by atoms with Gasteiger partial charge in [0, 0.05) is 11.1 Å². The Morgan fingerprint density at radius 2 is 2.17 bits per heavy atom. The molecule has 1 aromatic carbocycles. The number of halogens is 1. The van der Waals surface area contributed by atoms with Crippen molar-refractivity contribution in [1.82, 2.24) is 0 Å². The van der Waals surface area contributed by atoms with Crippen LogP contribution in [0.5, 0.6) is 5.75 Å². The van der Waals surface area contributed by atoms with E-state index in [1.807, 2.05) is 18.2 Å². The number of benzene rings is 1. The van der Waals surface area contributed by atoms with E-state index in [2.05, 4.69) is 13.8 Å². The molecule has 0 radical (unpaired) electrons. The Morgan fingerprint density at radius 3 is 2.67 bits per heavy atom. The molecule has 0 aromatic heterocycles. The van der Waals surface area contributed by atoms with Crippen molar-refractivity contribution in [2.75, 3.05) is 7.11 Å². The molecule has 0 bridgehead atoms. The van der Waals surface area contributed by atoms with Crippen LogP contribution in [0.25, 0.3) is 0 Å².